The highest BCUT2D eigenvalue weighted by atomic mass is 32.2. The van der Waals surface area contributed by atoms with Crippen molar-refractivity contribution in [2.45, 2.75) is 24.5 Å². The van der Waals surface area contributed by atoms with Gasteiger partial charge in [0.15, 0.2) is 0 Å². The molecule has 1 atom stereocenters. The van der Waals surface area contributed by atoms with Gasteiger partial charge in [-0.3, -0.25) is 9.59 Å². The van der Waals surface area contributed by atoms with Crippen molar-refractivity contribution in [3.05, 3.63) is 34.2 Å². The number of aromatic nitrogens is 1. The Morgan fingerprint density at radius 2 is 2.41 bits per heavy atom. The summed E-state index contributed by atoms with van der Waals surface area (Å²) in [6.07, 6.45) is 2.34. The molecule has 2 rings (SSSR count). The van der Waals surface area contributed by atoms with Crippen LogP contribution in [0.5, 0.6) is 0 Å². The maximum Gasteiger partial charge on any atom is 0.267 e. The maximum atomic E-state index is 11.8. The van der Waals surface area contributed by atoms with Crippen molar-refractivity contribution in [1.29, 1.82) is 0 Å². The van der Waals surface area contributed by atoms with Crippen LogP contribution in [-0.2, 0) is 0 Å². The number of aromatic amines is 1. The molecule has 0 spiro atoms. The lowest BCUT2D eigenvalue weighted by Crippen LogP contribution is -2.37. The largest absolute Gasteiger partial charge is 0.349 e. The number of pyridine rings is 1. The zero-order valence-electron chi connectivity index (χ0n) is 9.79. The Morgan fingerprint density at radius 3 is 3.06 bits per heavy atom. The van der Waals surface area contributed by atoms with Crippen LogP contribution in [0.15, 0.2) is 23.0 Å². The molecule has 1 amide bonds. The number of nitrogens with one attached hydrogen (secondary N) is 2. The van der Waals surface area contributed by atoms with Gasteiger partial charge < -0.3 is 10.3 Å². The van der Waals surface area contributed by atoms with Crippen LogP contribution in [0, 0.1) is 0 Å². The van der Waals surface area contributed by atoms with E-state index in [0.717, 1.165) is 12.2 Å². The van der Waals surface area contributed by atoms with Crippen LogP contribution in [0.2, 0.25) is 0 Å². The van der Waals surface area contributed by atoms with Crippen molar-refractivity contribution < 1.29 is 4.79 Å². The van der Waals surface area contributed by atoms with Crippen LogP contribution in [-0.4, -0.2) is 27.9 Å². The minimum absolute atomic E-state index is 0.144. The number of thioether (sulfide) groups is 1. The molecule has 17 heavy (non-hydrogen) atoms. The van der Waals surface area contributed by atoms with Crippen molar-refractivity contribution in [3.8, 4) is 0 Å². The lowest BCUT2D eigenvalue weighted by molar-refractivity contribution is 0.0944. The predicted octanol–water partition coefficient (Wildman–Crippen LogP) is 1.39. The molecule has 1 aliphatic heterocycles. The minimum Gasteiger partial charge on any atom is -0.349 e. The molecule has 5 heteroatoms. The Hall–Kier alpha value is -1.23. The topological polar surface area (TPSA) is 62.0 Å². The monoisotopic (exact) mass is 252 g/mol. The first-order valence-electron chi connectivity index (χ1n) is 5.71. The van der Waals surface area contributed by atoms with Crippen LogP contribution in [0.1, 0.15) is 30.3 Å². The van der Waals surface area contributed by atoms with E-state index in [1.54, 1.807) is 12.1 Å². The standard InChI is InChI=1S/C12H16N2O2S/c1-12(6-3-7-17-12)8-13-11(16)9-4-2-5-10(15)14-9/h2,4-5H,3,6-8H2,1H3,(H,13,16)(H,14,15). The fourth-order valence-electron chi connectivity index (χ4n) is 1.92. The van der Waals surface area contributed by atoms with Gasteiger partial charge in [-0.1, -0.05) is 6.07 Å². The van der Waals surface area contributed by atoms with Gasteiger partial charge >= 0.3 is 0 Å². The number of hydrogen-bond donors (Lipinski definition) is 2. The van der Waals surface area contributed by atoms with Gasteiger partial charge in [-0.15, -0.1) is 0 Å². The predicted molar refractivity (Wildman–Crippen MR) is 69.5 cm³/mol. The molecular weight excluding hydrogens is 236 g/mol. The van der Waals surface area contributed by atoms with Gasteiger partial charge in [0, 0.05) is 17.4 Å². The van der Waals surface area contributed by atoms with E-state index in [1.165, 1.54) is 12.5 Å². The first kappa shape index (κ1) is 12.2. The van der Waals surface area contributed by atoms with E-state index < -0.39 is 0 Å². The number of carbonyl (C=O) groups is 1. The van der Waals surface area contributed by atoms with Gasteiger partial charge in [0.25, 0.3) is 5.91 Å². The van der Waals surface area contributed by atoms with Crippen molar-refractivity contribution in [1.82, 2.24) is 10.3 Å². The molecule has 1 saturated heterocycles. The Kier molecular flexibility index (Phi) is 3.57. The second-order valence-corrected chi connectivity index (χ2v) is 6.20. The normalized spacial score (nSPS) is 23.6. The number of amides is 1. The van der Waals surface area contributed by atoms with Crippen molar-refractivity contribution in [2.24, 2.45) is 0 Å². The quantitative estimate of drug-likeness (QED) is 0.854. The fraction of sp³-hybridized carbons (Fsp3) is 0.500. The number of H-pyrrole nitrogens is 1. The average Bonchev–Trinajstić information content (AvgIpc) is 2.74. The van der Waals surface area contributed by atoms with Crippen LogP contribution < -0.4 is 10.9 Å². The average molecular weight is 252 g/mol. The Balaban J connectivity index is 1.95. The molecule has 0 bridgehead atoms. The molecule has 0 aromatic carbocycles. The highest BCUT2D eigenvalue weighted by Crippen LogP contribution is 2.36. The molecule has 1 aromatic rings. The first-order chi connectivity index (χ1) is 8.09. The molecular formula is C12H16N2O2S. The summed E-state index contributed by atoms with van der Waals surface area (Å²) < 4.78 is 0.144. The zero-order chi connectivity index (χ0) is 12.3. The SMILES string of the molecule is CC1(CNC(=O)c2cccc(=O)[nH]2)CCCS1. The first-order valence-corrected chi connectivity index (χ1v) is 6.69. The van der Waals surface area contributed by atoms with Crippen LogP contribution in [0.25, 0.3) is 0 Å². The van der Waals surface area contributed by atoms with E-state index in [4.69, 9.17) is 0 Å². The van der Waals surface area contributed by atoms with Crippen LogP contribution in [0.3, 0.4) is 0 Å². The van der Waals surface area contributed by atoms with Gasteiger partial charge in [-0.2, -0.15) is 11.8 Å². The molecule has 92 valence electrons. The highest BCUT2D eigenvalue weighted by Gasteiger charge is 2.29. The molecule has 1 aromatic heterocycles. The highest BCUT2D eigenvalue weighted by molar-refractivity contribution is 8.00. The summed E-state index contributed by atoms with van der Waals surface area (Å²) >= 11 is 1.90. The maximum absolute atomic E-state index is 11.8. The smallest absolute Gasteiger partial charge is 0.267 e. The molecule has 2 heterocycles. The van der Waals surface area contributed by atoms with Gasteiger partial charge in [0.1, 0.15) is 5.69 Å². The lowest BCUT2D eigenvalue weighted by Gasteiger charge is -2.22. The van der Waals surface area contributed by atoms with Gasteiger partial charge in [-0.05, 0) is 31.6 Å². The zero-order valence-corrected chi connectivity index (χ0v) is 10.6. The molecule has 0 radical (unpaired) electrons. The molecule has 2 N–H and O–H groups in total. The number of hydrogen-bond acceptors (Lipinski definition) is 3. The van der Waals surface area contributed by atoms with Crippen molar-refractivity contribution >= 4 is 17.7 Å². The third-order valence-corrected chi connectivity index (χ3v) is 4.47. The van der Waals surface area contributed by atoms with Crippen LogP contribution in [0.4, 0.5) is 0 Å². The summed E-state index contributed by atoms with van der Waals surface area (Å²) in [6.45, 7) is 2.81. The van der Waals surface area contributed by atoms with Crippen molar-refractivity contribution in [2.75, 3.05) is 12.3 Å². The molecule has 1 unspecified atom stereocenters. The summed E-state index contributed by atoms with van der Waals surface area (Å²) in [5, 5.41) is 2.88. The molecule has 1 fully saturated rings. The van der Waals surface area contributed by atoms with Crippen molar-refractivity contribution in [3.63, 3.8) is 0 Å². The summed E-state index contributed by atoms with van der Waals surface area (Å²) in [5.41, 5.74) is 0.0724. The third-order valence-electron chi connectivity index (χ3n) is 2.94. The second kappa shape index (κ2) is 4.96. The van der Waals surface area contributed by atoms with Gasteiger partial charge in [0.2, 0.25) is 5.56 Å². The summed E-state index contributed by atoms with van der Waals surface area (Å²) in [4.78, 5) is 25.4. The molecule has 1 aliphatic rings. The number of carbonyl (C=O) groups excluding carboxylic acids is 1. The van der Waals surface area contributed by atoms with Gasteiger partial charge in [-0.25, -0.2) is 0 Å². The van der Waals surface area contributed by atoms with E-state index in [9.17, 15) is 9.59 Å². The Morgan fingerprint density at radius 1 is 1.59 bits per heavy atom. The minimum atomic E-state index is -0.251. The Bertz CT molecular complexity index is 464. The molecule has 0 aliphatic carbocycles. The molecule has 4 nitrogen and oxygen atoms in total. The van der Waals surface area contributed by atoms with E-state index in [-0.39, 0.29) is 16.2 Å². The van der Waals surface area contributed by atoms with E-state index in [2.05, 4.69) is 17.2 Å². The van der Waals surface area contributed by atoms with E-state index >= 15 is 0 Å². The fourth-order valence-corrected chi connectivity index (χ4v) is 3.16. The van der Waals surface area contributed by atoms with E-state index in [1.807, 2.05) is 11.8 Å². The molecule has 0 saturated carbocycles. The summed E-state index contributed by atoms with van der Waals surface area (Å²) in [5.74, 6) is 0.950. The lowest BCUT2D eigenvalue weighted by atomic mass is 10.1. The van der Waals surface area contributed by atoms with Crippen LogP contribution >= 0.6 is 11.8 Å². The van der Waals surface area contributed by atoms with Gasteiger partial charge in [0.05, 0.1) is 0 Å². The Labute approximate surface area is 104 Å². The second-order valence-electron chi connectivity index (χ2n) is 4.51. The van der Waals surface area contributed by atoms with E-state index in [0.29, 0.717) is 12.2 Å². The number of rotatable bonds is 3. The summed E-state index contributed by atoms with van der Waals surface area (Å²) in [7, 11) is 0. The summed E-state index contributed by atoms with van der Waals surface area (Å²) in [6, 6.07) is 4.59. The third kappa shape index (κ3) is 3.12.